The molecule has 0 unspecified atom stereocenters. The van der Waals surface area contributed by atoms with Crippen molar-refractivity contribution < 1.29 is 32.3 Å². The first-order valence-corrected chi connectivity index (χ1v) is 16.5. The largest absolute Gasteiger partial charge is 0.454 e. The highest BCUT2D eigenvalue weighted by molar-refractivity contribution is 6.30. The van der Waals surface area contributed by atoms with Crippen molar-refractivity contribution in [3.63, 3.8) is 0 Å². The molecule has 2 aromatic heterocycles. The smallest absolute Gasteiger partial charge is 0.422 e. The minimum Gasteiger partial charge on any atom is -0.454 e. The van der Waals surface area contributed by atoms with Crippen LogP contribution in [-0.2, 0) is 16.1 Å². The van der Waals surface area contributed by atoms with Crippen LogP contribution in [0.2, 0.25) is 5.02 Å². The number of hydrogen-bond acceptors (Lipinski definition) is 9. The third-order valence-electron chi connectivity index (χ3n) is 7.38. The predicted octanol–water partition coefficient (Wildman–Crippen LogP) is 6.23. The molecular weight excluding hydrogens is 701 g/mol. The molecule has 0 saturated heterocycles. The van der Waals surface area contributed by atoms with E-state index in [0.717, 1.165) is 30.5 Å². The molecule has 12 nitrogen and oxygen atoms in total. The Bertz CT molecular complexity index is 1730. The standard InChI is InChI=1S/C26H29ClF3N7O3.C10H13NO/c1-16(38)33-13-25(2,3)14-34-23(39)18-6-9-20(32-12-18)35-22-10-21(31-11-17-4-7-19(27)8-5-17)36-24(37-22)40-15-26(28,29)30;1-3-9-5-6-11(8-12)7-10(9)4-2/h4-10,12H,11,13-15H2,1-3H3,(H,33,38)(H,34,39)(H2,31,32,35,36,37);3-4,8H,1-2,5-7H2. The van der Waals surface area contributed by atoms with E-state index in [4.69, 9.17) is 16.3 Å². The van der Waals surface area contributed by atoms with Crippen molar-refractivity contribution in [1.29, 1.82) is 0 Å². The number of benzene rings is 1. The number of carbonyl (C=O) groups excluding carboxylic acids is 3. The Morgan fingerprint density at radius 3 is 2.25 bits per heavy atom. The summed E-state index contributed by atoms with van der Waals surface area (Å²) < 4.78 is 42.9. The average molecular weight is 743 g/mol. The number of anilines is 3. The molecule has 4 N–H and O–H groups in total. The van der Waals surface area contributed by atoms with Gasteiger partial charge in [0.2, 0.25) is 12.3 Å². The van der Waals surface area contributed by atoms with Crippen molar-refractivity contribution in [3.8, 4) is 6.01 Å². The lowest BCUT2D eigenvalue weighted by Crippen LogP contribution is -2.41. The zero-order valence-electron chi connectivity index (χ0n) is 29.1. The summed E-state index contributed by atoms with van der Waals surface area (Å²) in [6.07, 6.45) is 2.19. The van der Waals surface area contributed by atoms with Gasteiger partial charge in [-0.05, 0) is 52.8 Å². The van der Waals surface area contributed by atoms with E-state index in [1.807, 2.05) is 19.9 Å². The van der Waals surface area contributed by atoms with Gasteiger partial charge in [0.25, 0.3) is 5.91 Å². The first-order chi connectivity index (χ1) is 24.6. The van der Waals surface area contributed by atoms with E-state index in [-0.39, 0.29) is 34.7 Å². The summed E-state index contributed by atoms with van der Waals surface area (Å²) in [6.45, 7) is 13.6. The van der Waals surface area contributed by atoms with Crippen LogP contribution in [0.3, 0.4) is 0 Å². The minimum absolute atomic E-state index is 0.121. The molecule has 0 saturated carbocycles. The van der Waals surface area contributed by atoms with Gasteiger partial charge in [-0.2, -0.15) is 23.1 Å². The highest BCUT2D eigenvalue weighted by atomic mass is 35.5. The van der Waals surface area contributed by atoms with Gasteiger partial charge in [-0.1, -0.05) is 62.9 Å². The molecule has 3 amide bonds. The summed E-state index contributed by atoms with van der Waals surface area (Å²) in [6, 6.07) is 11.1. The summed E-state index contributed by atoms with van der Waals surface area (Å²) in [4.78, 5) is 48.1. The van der Waals surface area contributed by atoms with Gasteiger partial charge in [-0.3, -0.25) is 14.4 Å². The third kappa shape index (κ3) is 14.4. The Morgan fingerprint density at radius 2 is 1.65 bits per heavy atom. The molecule has 1 aromatic carbocycles. The second kappa shape index (κ2) is 19.2. The number of nitrogens with zero attached hydrogens (tertiary/aromatic N) is 4. The van der Waals surface area contributed by atoms with Gasteiger partial charge >= 0.3 is 12.2 Å². The molecule has 0 aliphatic carbocycles. The third-order valence-corrected chi connectivity index (χ3v) is 7.63. The van der Waals surface area contributed by atoms with E-state index in [1.54, 1.807) is 35.2 Å². The maximum atomic E-state index is 12.7. The second-order valence-electron chi connectivity index (χ2n) is 12.4. The summed E-state index contributed by atoms with van der Waals surface area (Å²) in [5.74, 6) is 0.108. The minimum atomic E-state index is -4.57. The lowest BCUT2D eigenvalue weighted by molar-refractivity contribution is -0.154. The lowest BCUT2D eigenvalue weighted by Gasteiger charge is -2.25. The van der Waals surface area contributed by atoms with E-state index in [2.05, 4.69) is 49.4 Å². The molecule has 52 heavy (non-hydrogen) atoms. The van der Waals surface area contributed by atoms with Gasteiger partial charge in [0.15, 0.2) is 6.61 Å². The Kier molecular flexibility index (Phi) is 15.2. The maximum absolute atomic E-state index is 12.7. The highest BCUT2D eigenvalue weighted by Crippen LogP contribution is 2.23. The van der Waals surface area contributed by atoms with Gasteiger partial charge < -0.3 is 30.9 Å². The fraction of sp³-hybridized carbons (Fsp3) is 0.333. The first-order valence-electron chi connectivity index (χ1n) is 16.1. The molecule has 0 atom stereocenters. The Labute approximate surface area is 305 Å². The van der Waals surface area contributed by atoms with Crippen LogP contribution < -0.4 is 26.0 Å². The molecule has 3 heterocycles. The van der Waals surface area contributed by atoms with Crippen molar-refractivity contribution in [3.05, 3.63) is 101 Å². The van der Waals surface area contributed by atoms with E-state index in [1.165, 1.54) is 36.9 Å². The first kappa shape index (κ1) is 41.0. The number of ether oxygens (including phenoxy) is 1. The zero-order chi connectivity index (χ0) is 38.3. The Hall–Kier alpha value is -5.44. The number of amides is 3. The normalized spacial score (nSPS) is 12.9. The number of allylic oxidation sites excluding steroid dienone is 1. The second-order valence-corrected chi connectivity index (χ2v) is 12.8. The van der Waals surface area contributed by atoms with E-state index in [0.29, 0.717) is 36.8 Å². The molecule has 0 radical (unpaired) electrons. The van der Waals surface area contributed by atoms with Crippen LogP contribution >= 0.6 is 11.6 Å². The van der Waals surface area contributed by atoms with Gasteiger partial charge in [-0.25, -0.2) is 4.98 Å². The number of hydrogen-bond donors (Lipinski definition) is 4. The summed E-state index contributed by atoms with van der Waals surface area (Å²) in [5.41, 5.74) is 3.12. The van der Waals surface area contributed by atoms with Gasteiger partial charge in [0, 0.05) is 56.9 Å². The topological polar surface area (TPSA) is 150 Å². The fourth-order valence-corrected chi connectivity index (χ4v) is 4.64. The number of carbonyl (C=O) groups is 3. The monoisotopic (exact) mass is 742 g/mol. The SMILES string of the molecule is C=CC1=C(C=C)CN(C=O)CC1.CC(=O)NCC(C)(C)CNC(=O)c1ccc(Nc2cc(NCc3ccc(Cl)cc3)nc(OCC(F)(F)F)n2)nc1. The molecule has 278 valence electrons. The summed E-state index contributed by atoms with van der Waals surface area (Å²) in [7, 11) is 0. The van der Waals surface area contributed by atoms with Crippen LogP contribution in [0, 0.1) is 5.41 Å². The Morgan fingerprint density at radius 1 is 0.981 bits per heavy atom. The van der Waals surface area contributed by atoms with Crippen LogP contribution in [0.25, 0.3) is 0 Å². The zero-order valence-corrected chi connectivity index (χ0v) is 29.9. The summed E-state index contributed by atoms with van der Waals surface area (Å²) in [5, 5.41) is 12.0. The van der Waals surface area contributed by atoms with Crippen LogP contribution in [-0.4, -0.2) is 77.0 Å². The number of nitrogens with one attached hydrogen (secondary N) is 4. The van der Waals surface area contributed by atoms with Gasteiger partial charge in [0.1, 0.15) is 17.5 Å². The van der Waals surface area contributed by atoms with Gasteiger partial charge in [0.05, 0.1) is 5.56 Å². The maximum Gasteiger partial charge on any atom is 0.422 e. The lowest BCUT2D eigenvalue weighted by atomic mass is 9.93. The quantitative estimate of drug-likeness (QED) is 0.133. The number of rotatable bonds is 15. The predicted molar refractivity (Wildman–Crippen MR) is 194 cm³/mol. The molecule has 0 bridgehead atoms. The van der Waals surface area contributed by atoms with Crippen LogP contribution in [0.15, 0.2) is 85.1 Å². The van der Waals surface area contributed by atoms with Crippen molar-refractivity contribution in [2.24, 2.45) is 5.41 Å². The number of pyridine rings is 1. The van der Waals surface area contributed by atoms with E-state index in [9.17, 15) is 27.6 Å². The fourth-order valence-electron chi connectivity index (χ4n) is 4.51. The number of alkyl halides is 3. The van der Waals surface area contributed by atoms with Crippen molar-refractivity contribution >= 4 is 47.3 Å². The number of aromatic nitrogens is 3. The van der Waals surface area contributed by atoms with E-state index < -0.39 is 18.8 Å². The number of halogens is 4. The molecular formula is C36H42ClF3N8O4. The highest BCUT2D eigenvalue weighted by Gasteiger charge is 2.29. The molecule has 1 aliphatic heterocycles. The van der Waals surface area contributed by atoms with E-state index >= 15 is 0 Å². The van der Waals surface area contributed by atoms with Crippen molar-refractivity contribution in [2.45, 2.75) is 39.9 Å². The van der Waals surface area contributed by atoms with Crippen molar-refractivity contribution in [1.82, 2.24) is 30.5 Å². The average Bonchev–Trinajstić information content (AvgIpc) is 3.12. The van der Waals surface area contributed by atoms with Gasteiger partial charge in [-0.15, -0.1) is 0 Å². The molecule has 16 heteroatoms. The summed E-state index contributed by atoms with van der Waals surface area (Å²) >= 11 is 5.90. The molecule has 0 fully saturated rings. The van der Waals surface area contributed by atoms with Crippen LogP contribution in [0.1, 0.15) is 43.1 Å². The molecule has 0 spiro atoms. The Balaban J connectivity index is 0.000000513. The molecule has 4 rings (SSSR count). The molecule has 3 aromatic rings. The van der Waals surface area contributed by atoms with Crippen LogP contribution in [0.5, 0.6) is 6.01 Å². The van der Waals surface area contributed by atoms with Crippen molar-refractivity contribution in [2.75, 3.05) is 43.4 Å². The molecule has 1 aliphatic rings. The van der Waals surface area contributed by atoms with Crippen LogP contribution in [0.4, 0.5) is 30.6 Å².